The van der Waals surface area contributed by atoms with Crippen LogP contribution in [0.25, 0.3) is 0 Å². The molecule has 0 spiro atoms. The summed E-state index contributed by atoms with van der Waals surface area (Å²) >= 11 is 0. The number of aromatic nitrogens is 2. The van der Waals surface area contributed by atoms with E-state index in [2.05, 4.69) is 17.3 Å². The van der Waals surface area contributed by atoms with Crippen LogP contribution in [0.15, 0.2) is 0 Å². The second-order valence-electron chi connectivity index (χ2n) is 7.93. The molecule has 1 aromatic rings. The van der Waals surface area contributed by atoms with Gasteiger partial charge in [-0.05, 0) is 45.1 Å². The summed E-state index contributed by atoms with van der Waals surface area (Å²) in [4.78, 5) is 27.8. The van der Waals surface area contributed by atoms with Gasteiger partial charge in [-0.25, -0.2) is 0 Å². The second-order valence-corrected chi connectivity index (χ2v) is 7.93. The van der Waals surface area contributed by atoms with E-state index in [9.17, 15) is 9.59 Å². The van der Waals surface area contributed by atoms with E-state index in [1.165, 1.54) is 5.69 Å². The highest BCUT2D eigenvalue weighted by Gasteiger charge is 2.29. The van der Waals surface area contributed by atoms with Gasteiger partial charge < -0.3 is 15.1 Å². The number of carbonyl (C=O) groups excluding carboxylic acids is 2. The molecule has 27 heavy (non-hydrogen) atoms. The highest BCUT2D eigenvalue weighted by molar-refractivity contribution is 5.93. The van der Waals surface area contributed by atoms with E-state index in [0.29, 0.717) is 24.1 Å². The van der Waals surface area contributed by atoms with Crippen molar-refractivity contribution in [2.45, 2.75) is 64.5 Å². The molecule has 2 aliphatic rings. The maximum Gasteiger partial charge on any atom is 0.274 e. The van der Waals surface area contributed by atoms with Crippen molar-refractivity contribution in [3.05, 3.63) is 17.0 Å². The molecule has 1 aromatic heterocycles. The molecule has 7 heteroatoms. The molecule has 2 amide bonds. The molecule has 0 aromatic carbocycles. The summed E-state index contributed by atoms with van der Waals surface area (Å²) in [5, 5.41) is 8.29. The van der Waals surface area contributed by atoms with Crippen molar-refractivity contribution in [2.24, 2.45) is 0 Å². The summed E-state index contributed by atoms with van der Waals surface area (Å²) < 4.78 is 2.04. The predicted molar refractivity (Wildman–Crippen MR) is 105 cm³/mol. The SMILES string of the molecule is CCCn1nc(C(=O)N(C)C)c2c1CCC(NCCCN1CCCC1=O)C2. The summed E-state index contributed by atoms with van der Waals surface area (Å²) in [6.07, 6.45) is 6.60. The Hall–Kier alpha value is -1.89. The first-order valence-corrected chi connectivity index (χ1v) is 10.3. The maximum atomic E-state index is 12.6. The van der Waals surface area contributed by atoms with Gasteiger partial charge in [-0.15, -0.1) is 0 Å². The van der Waals surface area contributed by atoms with Gasteiger partial charge in [0.05, 0.1) is 0 Å². The summed E-state index contributed by atoms with van der Waals surface area (Å²) in [6.45, 7) is 5.68. The number of amides is 2. The van der Waals surface area contributed by atoms with Gasteiger partial charge in [0.15, 0.2) is 5.69 Å². The van der Waals surface area contributed by atoms with E-state index in [4.69, 9.17) is 0 Å². The third-order valence-corrected chi connectivity index (χ3v) is 5.60. The summed E-state index contributed by atoms with van der Waals surface area (Å²) in [7, 11) is 3.57. The van der Waals surface area contributed by atoms with E-state index >= 15 is 0 Å². The monoisotopic (exact) mass is 375 g/mol. The first-order chi connectivity index (χ1) is 13.0. The molecule has 0 radical (unpaired) electrons. The lowest BCUT2D eigenvalue weighted by molar-refractivity contribution is -0.127. The van der Waals surface area contributed by atoms with Gasteiger partial charge in [0, 0.05) is 57.4 Å². The Labute approximate surface area is 162 Å². The van der Waals surface area contributed by atoms with Crippen molar-refractivity contribution >= 4 is 11.8 Å². The molecule has 7 nitrogen and oxygen atoms in total. The molecule has 0 saturated carbocycles. The zero-order valence-corrected chi connectivity index (χ0v) is 17.0. The number of rotatable bonds is 8. The molecule has 1 atom stereocenters. The Morgan fingerprint density at radius 2 is 2.11 bits per heavy atom. The van der Waals surface area contributed by atoms with Gasteiger partial charge in [0.25, 0.3) is 5.91 Å². The van der Waals surface area contributed by atoms with Crippen LogP contribution in [0.1, 0.15) is 60.8 Å². The Morgan fingerprint density at radius 3 is 2.78 bits per heavy atom. The number of hydrogen-bond donors (Lipinski definition) is 1. The lowest BCUT2D eigenvalue weighted by Crippen LogP contribution is -2.37. The summed E-state index contributed by atoms with van der Waals surface area (Å²) in [6, 6.07) is 0.375. The quantitative estimate of drug-likeness (QED) is 0.698. The minimum Gasteiger partial charge on any atom is -0.343 e. The van der Waals surface area contributed by atoms with Gasteiger partial charge >= 0.3 is 0 Å². The van der Waals surface area contributed by atoms with Crippen LogP contribution in [0, 0.1) is 0 Å². The van der Waals surface area contributed by atoms with Crippen molar-refractivity contribution in [3.63, 3.8) is 0 Å². The van der Waals surface area contributed by atoms with Crippen molar-refractivity contribution in [1.82, 2.24) is 24.9 Å². The topological polar surface area (TPSA) is 70.5 Å². The average molecular weight is 376 g/mol. The zero-order valence-electron chi connectivity index (χ0n) is 17.0. The molecule has 0 bridgehead atoms. The highest BCUT2D eigenvalue weighted by atomic mass is 16.2. The Balaban J connectivity index is 1.59. The molecular weight excluding hydrogens is 342 g/mol. The summed E-state index contributed by atoms with van der Waals surface area (Å²) in [5.74, 6) is 0.293. The van der Waals surface area contributed by atoms with Crippen LogP contribution in [-0.2, 0) is 24.2 Å². The first-order valence-electron chi connectivity index (χ1n) is 10.3. The van der Waals surface area contributed by atoms with Gasteiger partial charge in [-0.3, -0.25) is 14.3 Å². The molecule has 3 rings (SSSR count). The van der Waals surface area contributed by atoms with Crippen molar-refractivity contribution in [1.29, 1.82) is 0 Å². The zero-order chi connectivity index (χ0) is 19.4. The fourth-order valence-corrected chi connectivity index (χ4v) is 4.16. The number of hydrogen-bond acceptors (Lipinski definition) is 4. The summed E-state index contributed by atoms with van der Waals surface area (Å²) in [5.41, 5.74) is 2.99. The smallest absolute Gasteiger partial charge is 0.274 e. The highest BCUT2D eigenvalue weighted by Crippen LogP contribution is 2.26. The molecule has 1 unspecified atom stereocenters. The third kappa shape index (κ3) is 4.51. The van der Waals surface area contributed by atoms with Crippen LogP contribution < -0.4 is 5.32 Å². The van der Waals surface area contributed by atoms with Crippen LogP contribution in [0.3, 0.4) is 0 Å². The van der Waals surface area contributed by atoms with Crippen molar-refractivity contribution < 1.29 is 9.59 Å². The van der Waals surface area contributed by atoms with Gasteiger partial charge in [-0.2, -0.15) is 5.10 Å². The van der Waals surface area contributed by atoms with E-state index < -0.39 is 0 Å². The fraction of sp³-hybridized carbons (Fsp3) is 0.750. The average Bonchev–Trinajstić information content (AvgIpc) is 3.22. The Kier molecular flexibility index (Phi) is 6.52. The van der Waals surface area contributed by atoms with Gasteiger partial charge in [0.2, 0.25) is 5.91 Å². The van der Waals surface area contributed by atoms with Crippen LogP contribution in [0.2, 0.25) is 0 Å². The molecule has 1 aliphatic heterocycles. The number of nitrogens with one attached hydrogen (secondary N) is 1. The first kappa shape index (κ1) is 19.9. The van der Waals surface area contributed by atoms with Gasteiger partial charge in [0.1, 0.15) is 0 Å². The maximum absolute atomic E-state index is 12.6. The number of nitrogens with zero attached hydrogens (tertiary/aromatic N) is 4. The van der Waals surface area contributed by atoms with Crippen molar-refractivity contribution in [3.8, 4) is 0 Å². The van der Waals surface area contributed by atoms with Gasteiger partial charge in [-0.1, -0.05) is 6.92 Å². The second kappa shape index (κ2) is 8.87. The normalized spacial score (nSPS) is 19.4. The van der Waals surface area contributed by atoms with Crippen molar-refractivity contribution in [2.75, 3.05) is 33.7 Å². The molecule has 1 saturated heterocycles. The molecular formula is C20H33N5O2. The largest absolute Gasteiger partial charge is 0.343 e. The van der Waals surface area contributed by atoms with E-state index in [-0.39, 0.29) is 5.91 Å². The lowest BCUT2D eigenvalue weighted by atomic mass is 9.91. The van der Waals surface area contributed by atoms with Crippen LogP contribution in [-0.4, -0.2) is 71.2 Å². The van der Waals surface area contributed by atoms with Crippen LogP contribution in [0.4, 0.5) is 0 Å². The standard InChI is InChI=1S/C20H33N5O2/c1-4-11-25-17-9-8-15(14-16(17)19(22-25)20(27)23(2)3)21-10-6-13-24-12-5-7-18(24)26/h15,21H,4-14H2,1-3H3. The van der Waals surface area contributed by atoms with E-state index in [1.807, 2.05) is 9.58 Å². The minimum atomic E-state index is -0.00528. The molecule has 2 heterocycles. The molecule has 150 valence electrons. The third-order valence-electron chi connectivity index (χ3n) is 5.60. The molecule has 1 fully saturated rings. The van der Waals surface area contributed by atoms with Crippen LogP contribution >= 0.6 is 0 Å². The number of carbonyl (C=O) groups is 2. The Bertz CT molecular complexity index is 682. The predicted octanol–water partition coefficient (Wildman–Crippen LogP) is 1.45. The molecule has 1 N–H and O–H groups in total. The van der Waals surface area contributed by atoms with E-state index in [0.717, 1.165) is 70.3 Å². The number of fused-ring (bicyclic) bond motifs is 1. The number of likely N-dealkylation sites (tertiary alicyclic amines) is 1. The lowest BCUT2D eigenvalue weighted by Gasteiger charge is -2.25. The Morgan fingerprint density at radius 1 is 1.30 bits per heavy atom. The molecule has 1 aliphatic carbocycles. The fourth-order valence-electron chi connectivity index (χ4n) is 4.16. The minimum absolute atomic E-state index is 0.00528. The van der Waals surface area contributed by atoms with Crippen LogP contribution in [0.5, 0.6) is 0 Å². The number of aryl methyl sites for hydroxylation is 1. The van der Waals surface area contributed by atoms with E-state index in [1.54, 1.807) is 19.0 Å².